The molecular weight excluding hydrogens is 580 g/mol. The number of benzene rings is 2. The van der Waals surface area contributed by atoms with Crippen molar-refractivity contribution in [2.75, 3.05) is 19.6 Å². The predicted octanol–water partition coefficient (Wildman–Crippen LogP) is 1.23. The molecular formula is C29H39ClN6O5S. The van der Waals surface area contributed by atoms with Gasteiger partial charge in [0.15, 0.2) is 0 Å². The Morgan fingerprint density at radius 2 is 1.81 bits per heavy atom. The van der Waals surface area contributed by atoms with Crippen LogP contribution in [0.3, 0.4) is 0 Å². The number of carbonyl (C=O) groups excluding carboxylic acids is 3. The van der Waals surface area contributed by atoms with Crippen LogP contribution >= 0.6 is 11.6 Å². The normalized spacial score (nSPS) is 19.6. The van der Waals surface area contributed by atoms with E-state index in [4.69, 9.17) is 23.1 Å². The second-order valence-electron chi connectivity index (χ2n) is 10.9. The van der Waals surface area contributed by atoms with Crippen LogP contribution < -0.4 is 21.5 Å². The molecule has 0 spiro atoms. The molecule has 2 aliphatic rings. The third kappa shape index (κ3) is 8.51. The molecule has 2 aromatic rings. The summed E-state index contributed by atoms with van der Waals surface area (Å²) in [5.41, 5.74) is 13.9. The third-order valence-corrected chi connectivity index (χ3v) is 9.32. The van der Waals surface area contributed by atoms with Crippen LogP contribution in [0.5, 0.6) is 0 Å². The van der Waals surface area contributed by atoms with Crippen molar-refractivity contribution in [3.8, 4) is 0 Å². The molecule has 2 fully saturated rings. The number of carbonyl (C=O) groups is 3. The Morgan fingerprint density at radius 1 is 1.05 bits per heavy atom. The number of nitrogens with two attached hydrogens (primary N) is 2. The summed E-state index contributed by atoms with van der Waals surface area (Å²) in [6.07, 6.45) is 1.65. The lowest BCUT2D eigenvalue weighted by Gasteiger charge is -2.29. The van der Waals surface area contributed by atoms with Gasteiger partial charge in [0.05, 0.1) is 5.75 Å². The largest absolute Gasteiger partial charge is 0.350 e. The highest BCUT2D eigenvalue weighted by Gasteiger charge is 2.39. The minimum Gasteiger partial charge on any atom is -0.350 e. The van der Waals surface area contributed by atoms with Crippen molar-refractivity contribution >= 4 is 39.3 Å². The fourth-order valence-corrected chi connectivity index (χ4v) is 7.05. The summed E-state index contributed by atoms with van der Waals surface area (Å²) in [7, 11) is -3.95. The van der Waals surface area contributed by atoms with Crippen molar-refractivity contribution in [2.24, 2.45) is 11.5 Å². The Labute approximate surface area is 252 Å². The molecule has 0 aromatic heterocycles. The topological polar surface area (TPSA) is 168 Å². The fourth-order valence-electron chi connectivity index (χ4n) is 5.49. The van der Waals surface area contributed by atoms with Gasteiger partial charge in [0, 0.05) is 50.2 Å². The van der Waals surface area contributed by atoms with Crippen molar-refractivity contribution in [1.29, 1.82) is 0 Å². The van der Waals surface area contributed by atoms with Crippen LogP contribution in [-0.4, -0.2) is 73.7 Å². The molecule has 3 atom stereocenters. The SMILES string of the molecule is NCc1ccc(Cl)cc1CNC(=O)[C@@H]1CCCN1C(=O)[C@@H](CCC(=O)N1CC[C@H](N)C1)NS(=O)(=O)Cc1ccccc1. The maximum Gasteiger partial charge on any atom is 0.243 e. The van der Waals surface area contributed by atoms with E-state index in [1.807, 2.05) is 0 Å². The molecule has 2 aliphatic heterocycles. The average Bonchev–Trinajstić information content (AvgIpc) is 3.63. The van der Waals surface area contributed by atoms with Gasteiger partial charge in [0.25, 0.3) is 0 Å². The molecule has 11 nitrogen and oxygen atoms in total. The molecule has 0 aliphatic carbocycles. The Balaban J connectivity index is 1.47. The van der Waals surface area contributed by atoms with E-state index < -0.39 is 28.0 Å². The Bertz CT molecular complexity index is 1380. The predicted molar refractivity (Wildman–Crippen MR) is 160 cm³/mol. The molecule has 4 rings (SSSR count). The molecule has 0 bridgehead atoms. The lowest BCUT2D eigenvalue weighted by atomic mass is 10.1. The van der Waals surface area contributed by atoms with Crippen LogP contribution in [0.15, 0.2) is 48.5 Å². The van der Waals surface area contributed by atoms with Crippen molar-refractivity contribution in [2.45, 2.75) is 69.1 Å². The molecule has 0 radical (unpaired) electrons. The van der Waals surface area contributed by atoms with Gasteiger partial charge in [-0.2, -0.15) is 0 Å². The zero-order valence-electron chi connectivity index (χ0n) is 23.5. The number of hydrogen-bond acceptors (Lipinski definition) is 7. The summed E-state index contributed by atoms with van der Waals surface area (Å²) in [4.78, 5) is 43.0. The standard InChI is InChI=1S/C29H39ClN6O5S/c30-23-9-8-21(16-31)22(15-23)17-33-28(38)26-7-4-13-36(26)29(39)25(10-11-27(37)35-14-12-24(32)18-35)34-42(40,41)19-20-5-2-1-3-6-20/h1-3,5-6,8-9,15,24-26,34H,4,7,10-14,16-19,31-32H2,(H,33,38)/t24-,25+,26-/m0/s1. The van der Waals surface area contributed by atoms with E-state index in [0.717, 1.165) is 11.1 Å². The molecule has 42 heavy (non-hydrogen) atoms. The van der Waals surface area contributed by atoms with Gasteiger partial charge in [-0.25, -0.2) is 13.1 Å². The van der Waals surface area contributed by atoms with Gasteiger partial charge >= 0.3 is 0 Å². The summed E-state index contributed by atoms with van der Waals surface area (Å²) in [6.45, 7) is 1.73. The van der Waals surface area contributed by atoms with Gasteiger partial charge in [-0.1, -0.05) is 48.0 Å². The summed E-state index contributed by atoms with van der Waals surface area (Å²) < 4.78 is 28.8. The van der Waals surface area contributed by atoms with E-state index in [2.05, 4.69) is 10.0 Å². The van der Waals surface area contributed by atoms with Crippen molar-refractivity contribution < 1.29 is 22.8 Å². The second kappa shape index (κ2) is 14.4. The number of halogens is 1. The molecule has 6 N–H and O–H groups in total. The maximum absolute atomic E-state index is 13.8. The smallest absolute Gasteiger partial charge is 0.243 e. The number of rotatable bonds is 12. The first kappa shape index (κ1) is 31.9. The molecule has 228 valence electrons. The van der Waals surface area contributed by atoms with Crippen molar-refractivity contribution in [3.05, 3.63) is 70.2 Å². The van der Waals surface area contributed by atoms with E-state index in [1.54, 1.807) is 53.4 Å². The molecule has 0 saturated carbocycles. The maximum atomic E-state index is 13.8. The van der Waals surface area contributed by atoms with Gasteiger partial charge in [-0.15, -0.1) is 0 Å². The van der Waals surface area contributed by atoms with E-state index >= 15 is 0 Å². The number of nitrogens with one attached hydrogen (secondary N) is 2. The summed E-state index contributed by atoms with van der Waals surface area (Å²) in [6, 6.07) is 11.8. The second-order valence-corrected chi connectivity index (χ2v) is 13.1. The van der Waals surface area contributed by atoms with E-state index in [-0.39, 0.29) is 49.5 Å². The number of likely N-dealkylation sites (tertiary alicyclic amines) is 2. The Hall–Kier alpha value is -3.03. The van der Waals surface area contributed by atoms with Crippen LogP contribution in [-0.2, 0) is 43.2 Å². The number of nitrogens with zero attached hydrogens (tertiary/aromatic N) is 2. The van der Waals surface area contributed by atoms with Gasteiger partial charge < -0.3 is 26.6 Å². The van der Waals surface area contributed by atoms with Crippen molar-refractivity contribution in [1.82, 2.24) is 19.8 Å². The first-order valence-electron chi connectivity index (χ1n) is 14.2. The van der Waals surface area contributed by atoms with Gasteiger partial charge in [-0.05, 0) is 54.5 Å². The molecule has 2 aromatic carbocycles. The van der Waals surface area contributed by atoms with Crippen LogP contribution in [0, 0.1) is 0 Å². The highest BCUT2D eigenvalue weighted by Crippen LogP contribution is 2.22. The molecule has 2 saturated heterocycles. The zero-order chi connectivity index (χ0) is 30.3. The van der Waals surface area contributed by atoms with E-state index in [9.17, 15) is 22.8 Å². The average molecular weight is 619 g/mol. The minimum absolute atomic E-state index is 0.0294. The number of sulfonamides is 1. The first-order chi connectivity index (χ1) is 20.1. The van der Waals surface area contributed by atoms with Crippen LogP contribution in [0.1, 0.15) is 48.8 Å². The molecule has 0 unspecified atom stereocenters. The highest BCUT2D eigenvalue weighted by atomic mass is 35.5. The molecule has 3 amide bonds. The summed E-state index contributed by atoms with van der Waals surface area (Å²) in [5, 5.41) is 3.40. The van der Waals surface area contributed by atoms with Gasteiger partial charge in [0.2, 0.25) is 27.7 Å². The summed E-state index contributed by atoms with van der Waals surface area (Å²) in [5.74, 6) is -1.38. The van der Waals surface area contributed by atoms with E-state index in [0.29, 0.717) is 49.5 Å². The zero-order valence-corrected chi connectivity index (χ0v) is 25.1. The third-order valence-electron chi connectivity index (χ3n) is 7.72. The van der Waals surface area contributed by atoms with Crippen LogP contribution in [0.25, 0.3) is 0 Å². The Morgan fingerprint density at radius 3 is 2.50 bits per heavy atom. The lowest BCUT2D eigenvalue weighted by molar-refractivity contribution is -0.140. The molecule has 13 heteroatoms. The quantitative estimate of drug-likeness (QED) is 0.277. The van der Waals surface area contributed by atoms with Crippen LogP contribution in [0.2, 0.25) is 5.02 Å². The van der Waals surface area contributed by atoms with E-state index in [1.165, 1.54) is 4.90 Å². The van der Waals surface area contributed by atoms with Crippen LogP contribution in [0.4, 0.5) is 0 Å². The number of hydrogen-bond donors (Lipinski definition) is 4. The molecule has 2 heterocycles. The monoisotopic (exact) mass is 618 g/mol. The fraction of sp³-hybridized carbons (Fsp3) is 0.483. The van der Waals surface area contributed by atoms with Gasteiger partial charge in [0.1, 0.15) is 12.1 Å². The van der Waals surface area contributed by atoms with Gasteiger partial charge in [-0.3, -0.25) is 14.4 Å². The number of amides is 3. The minimum atomic E-state index is -3.95. The van der Waals surface area contributed by atoms with Crippen molar-refractivity contribution in [3.63, 3.8) is 0 Å². The lowest BCUT2D eigenvalue weighted by Crippen LogP contribution is -2.53. The Kier molecular flexibility index (Phi) is 11.0. The summed E-state index contributed by atoms with van der Waals surface area (Å²) >= 11 is 6.12. The first-order valence-corrected chi connectivity index (χ1v) is 16.2. The highest BCUT2D eigenvalue weighted by molar-refractivity contribution is 7.88.